The summed E-state index contributed by atoms with van der Waals surface area (Å²) in [6, 6.07) is 0. The second-order valence-electron chi connectivity index (χ2n) is 14.4. The van der Waals surface area contributed by atoms with E-state index in [0.29, 0.717) is 31.8 Å². The lowest BCUT2D eigenvalue weighted by molar-refractivity contribution is -0.153. The Kier molecular flexibility index (Phi) is 37.2. The Morgan fingerprint density at radius 2 is 1.12 bits per heavy atom. The molecule has 7 nitrogen and oxygen atoms in total. The molecule has 50 heavy (non-hydrogen) atoms. The van der Waals surface area contributed by atoms with E-state index in [2.05, 4.69) is 54.9 Å². The first-order valence-electron chi connectivity index (χ1n) is 21.1. The van der Waals surface area contributed by atoms with Crippen LogP contribution >= 0.6 is 0 Å². The lowest BCUT2D eigenvalue weighted by atomic mass is 9.92. The minimum atomic E-state index is -0.240. The standard InChI is InChI=1S/C43H82N2O5/c1-5-8-11-13-15-16-17-18-19-20-21-22-23-24-26-28-32-45(35-34-44(4)36-37-46)33-31-42(47)49-38-39-50-43(48)40-41(29-10-7-3)30-27-25-14-12-9-6-2/h15-16,18-19,41,46H,5-14,17,20-40H2,1-4H3/b16-15-,19-18-. The topological polar surface area (TPSA) is 79.3 Å². The Balaban J connectivity index is 4.26. The van der Waals surface area contributed by atoms with E-state index in [0.717, 1.165) is 58.2 Å². The number of carbonyl (C=O) groups is 2. The molecule has 0 aromatic rings. The number of rotatable bonds is 38. The number of likely N-dealkylation sites (N-methyl/N-ethyl adjacent to an activating group) is 1. The average molecular weight is 707 g/mol. The van der Waals surface area contributed by atoms with Crippen LogP contribution in [0.3, 0.4) is 0 Å². The van der Waals surface area contributed by atoms with Crippen LogP contribution in [0.5, 0.6) is 0 Å². The van der Waals surface area contributed by atoms with Crippen molar-refractivity contribution in [2.75, 3.05) is 59.6 Å². The van der Waals surface area contributed by atoms with Crippen LogP contribution in [0.15, 0.2) is 24.3 Å². The van der Waals surface area contributed by atoms with Gasteiger partial charge in [0, 0.05) is 32.6 Å². The molecule has 0 aliphatic heterocycles. The van der Waals surface area contributed by atoms with Crippen LogP contribution in [0.1, 0.15) is 175 Å². The number of unbranched alkanes of at least 4 members (excludes halogenated alkanes) is 15. The summed E-state index contributed by atoms with van der Waals surface area (Å²) < 4.78 is 10.9. The molecular formula is C43H82N2O5. The molecule has 0 bridgehead atoms. The fourth-order valence-electron chi connectivity index (χ4n) is 6.24. The molecule has 1 unspecified atom stereocenters. The first-order chi connectivity index (χ1) is 24.5. The van der Waals surface area contributed by atoms with Crippen LogP contribution in [0.2, 0.25) is 0 Å². The van der Waals surface area contributed by atoms with E-state index in [-0.39, 0.29) is 31.8 Å². The lowest BCUT2D eigenvalue weighted by Crippen LogP contribution is -2.36. The number of carbonyl (C=O) groups excluding carboxylic acids is 2. The molecule has 0 heterocycles. The Bertz CT molecular complexity index is 802. The predicted octanol–water partition coefficient (Wildman–Crippen LogP) is 10.4. The molecule has 0 amide bonds. The van der Waals surface area contributed by atoms with Gasteiger partial charge in [-0.05, 0) is 70.9 Å². The third-order valence-corrected chi connectivity index (χ3v) is 9.58. The van der Waals surface area contributed by atoms with Crippen molar-refractivity contribution in [1.82, 2.24) is 9.80 Å². The molecule has 1 N–H and O–H groups in total. The summed E-state index contributed by atoms with van der Waals surface area (Å²) >= 11 is 0. The number of aliphatic hydroxyl groups is 1. The van der Waals surface area contributed by atoms with Crippen LogP contribution in [0, 0.1) is 5.92 Å². The normalized spacial score (nSPS) is 12.5. The van der Waals surface area contributed by atoms with Gasteiger partial charge in [-0.1, -0.05) is 135 Å². The molecule has 7 heteroatoms. The Labute approximate surface area is 310 Å². The number of aliphatic hydroxyl groups excluding tert-OH is 1. The van der Waals surface area contributed by atoms with Crippen molar-refractivity contribution < 1.29 is 24.2 Å². The summed E-state index contributed by atoms with van der Waals surface area (Å²) in [4.78, 5) is 29.5. The highest BCUT2D eigenvalue weighted by Crippen LogP contribution is 2.21. The van der Waals surface area contributed by atoms with Crippen LogP contribution in [-0.2, 0) is 19.1 Å². The second kappa shape index (κ2) is 38.5. The zero-order chi connectivity index (χ0) is 36.8. The quantitative estimate of drug-likeness (QED) is 0.0389. The van der Waals surface area contributed by atoms with Gasteiger partial charge in [-0.25, -0.2) is 0 Å². The van der Waals surface area contributed by atoms with Gasteiger partial charge >= 0.3 is 11.9 Å². The van der Waals surface area contributed by atoms with E-state index in [1.165, 1.54) is 103 Å². The Hall–Kier alpha value is -1.70. The number of allylic oxidation sites excluding steroid dienone is 4. The monoisotopic (exact) mass is 707 g/mol. The SMILES string of the molecule is CCCCC/C=C\C/C=C\CCCCCCCCN(CCC(=O)OCCOC(=O)CC(CCCC)CCCCCCCC)CCN(C)CCO. The van der Waals surface area contributed by atoms with Crippen molar-refractivity contribution in [1.29, 1.82) is 0 Å². The lowest BCUT2D eigenvalue weighted by Gasteiger charge is -2.25. The number of nitrogens with zero attached hydrogens (tertiary/aromatic N) is 2. The zero-order valence-electron chi connectivity index (χ0n) is 33.5. The van der Waals surface area contributed by atoms with Crippen LogP contribution in [0.4, 0.5) is 0 Å². The first-order valence-corrected chi connectivity index (χ1v) is 21.1. The summed E-state index contributed by atoms with van der Waals surface area (Å²) in [5, 5.41) is 9.26. The maximum Gasteiger partial charge on any atom is 0.307 e. The molecular weight excluding hydrogens is 624 g/mol. The summed E-state index contributed by atoms with van der Waals surface area (Å²) in [7, 11) is 2.02. The number of hydrogen-bond donors (Lipinski definition) is 1. The smallest absolute Gasteiger partial charge is 0.307 e. The van der Waals surface area contributed by atoms with Crippen molar-refractivity contribution in [2.45, 2.75) is 175 Å². The van der Waals surface area contributed by atoms with Gasteiger partial charge in [-0.15, -0.1) is 0 Å². The molecule has 294 valence electrons. The van der Waals surface area contributed by atoms with Gasteiger partial charge in [0.25, 0.3) is 0 Å². The van der Waals surface area contributed by atoms with E-state index in [4.69, 9.17) is 9.47 Å². The van der Waals surface area contributed by atoms with Crippen molar-refractivity contribution in [3.63, 3.8) is 0 Å². The summed E-state index contributed by atoms with van der Waals surface area (Å²) in [5.41, 5.74) is 0. The van der Waals surface area contributed by atoms with Gasteiger partial charge in [-0.3, -0.25) is 9.59 Å². The molecule has 0 saturated heterocycles. The molecule has 1 atom stereocenters. The first kappa shape index (κ1) is 48.3. The second-order valence-corrected chi connectivity index (χ2v) is 14.4. The van der Waals surface area contributed by atoms with Crippen LogP contribution in [-0.4, -0.2) is 86.4 Å². The maximum absolute atomic E-state index is 12.5. The van der Waals surface area contributed by atoms with Gasteiger partial charge < -0.3 is 24.4 Å². The van der Waals surface area contributed by atoms with Crippen LogP contribution in [0.25, 0.3) is 0 Å². The third kappa shape index (κ3) is 34.7. The molecule has 0 aromatic carbocycles. The number of ether oxygens (including phenoxy) is 2. The van der Waals surface area contributed by atoms with Crippen molar-refractivity contribution in [3.05, 3.63) is 24.3 Å². The average Bonchev–Trinajstić information content (AvgIpc) is 3.11. The molecule has 0 fully saturated rings. The fourth-order valence-corrected chi connectivity index (χ4v) is 6.24. The molecule has 0 spiro atoms. The van der Waals surface area contributed by atoms with E-state index in [1.807, 2.05) is 7.05 Å². The van der Waals surface area contributed by atoms with Gasteiger partial charge in [0.2, 0.25) is 0 Å². The number of hydrogen-bond acceptors (Lipinski definition) is 7. The Morgan fingerprint density at radius 1 is 0.580 bits per heavy atom. The minimum absolute atomic E-state index is 0.118. The molecule has 0 aliphatic carbocycles. The van der Waals surface area contributed by atoms with E-state index >= 15 is 0 Å². The van der Waals surface area contributed by atoms with Crippen molar-refractivity contribution >= 4 is 11.9 Å². The van der Waals surface area contributed by atoms with Gasteiger partial charge in [-0.2, -0.15) is 0 Å². The third-order valence-electron chi connectivity index (χ3n) is 9.58. The van der Waals surface area contributed by atoms with Crippen molar-refractivity contribution in [2.24, 2.45) is 5.92 Å². The highest BCUT2D eigenvalue weighted by molar-refractivity contribution is 5.70. The summed E-state index contributed by atoms with van der Waals surface area (Å²) in [6.45, 7) is 11.1. The molecule has 0 radical (unpaired) electrons. The van der Waals surface area contributed by atoms with Gasteiger partial charge in [0.1, 0.15) is 13.2 Å². The number of esters is 2. The molecule has 0 aliphatic rings. The van der Waals surface area contributed by atoms with E-state index in [1.54, 1.807) is 0 Å². The summed E-state index contributed by atoms with van der Waals surface area (Å²) in [5.74, 6) is -0.0151. The molecule has 0 saturated carbocycles. The fraction of sp³-hybridized carbons (Fsp3) is 0.860. The van der Waals surface area contributed by atoms with Crippen LogP contribution < -0.4 is 0 Å². The van der Waals surface area contributed by atoms with Gasteiger partial charge in [0.05, 0.1) is 13.0 Å². The highest BCUT2D eigenvalue weighted by atomic mass is 16.6. The highest BCUT2D eigenvalue weighted by Gasteiger charge is 2.15. The van der Waals surface area contributed by atoms with E-state index < -0.39 is 0 Å². The zero-order valence-corrected chi connectivity index (χ0v) is 33.5. The Morgan fingerprint density at radius 3 is 1.78 bits per heavy atom. The predicted molar refractivity (Wildman–Crippen MR) is 213 cm³/mol. The van der Waals surface area contributed by atoms with Crippen molar-refractivity contribution in [3.8, 4) is 0 Å². The minimum Gasteiger partial charge on any atom is -0.462 e. The largest absolute Gasteiger partial charge is 0.462 e. The van der Waals surface area contributed by atoms with Gasteiger partial charge in [0.15, 0.2) is 0 Å². The molecule has 0 rings (SSSR count). The summed E-state index contributed by atoms with van der Waals surface area (Å²) in [6.07, 6.45) is 36.9. The molecule has 0 aromatic heterocycles. The van der Waals surface area contributed by atoms with E-state index in [9.17, 15) is 14.7 Å². The maximum atomic E-state index is 12.5.